The van der Waals surface area contributed by atoms with Crippen LogP contribution in [0.2, 0.25) is 0 Å². The fourth-order valence-corrected chi connectivity index (χ4v) is 3.60. The fraction of sp³-hybridized carbons (Fsp3) is 0.350. The van der Waals surface area contributed by atoms with Gasteiger partial charge in [-0.2, -0.15) is 0 Å². The largest absolute Gasteiger partial charge is 0.371 e. The number of carbonyl (C=O) groups is 1. The van der Waals surface area contributed by atoms with Crippen molar-refractivity contribution in [2.24, 2.45) is 0 Å². The van der Waals surface area contributed by atoms with E-state index in [9.17, 15) is 4.79 Å². The third-order valence-corrected chi connectivity index (χ3v) is 5.27. The molecule has 3 nitrogen and oxygen atoms in total. The number of carbonyl (C=O) groups excluding carboxylic acids is 1. The molecule has 2 aromatic carbocycles. The Morgan fingerprint density at radius 1 is 1.08 bits per heavy atom. The summed E-state index contributed by atoms with van der Waals surface area (Å²) in [5.41, 5.74) is 3.23. The van der Waals surface area contributed by atoms with Gasteiger partial charge < -0.3 is 9.80 Å². The van der Waals surface area contributed by atoms with Gasteiger partial charge in [-0.05, 0) is 55.0 Å². The first kappa shape index (κ1) is 16.9. The Hall–Kier alpha value is -1.94. The van der Waals surface area contributed by atoms with Crippen molar-refractivity contribution in [3.63, 3.8) is 0 Å². The van der Waals surface area contributed by atoms with E-state index in [1.165, 1.54) is 29.0 Å². The van der Waals surface area contributed by atoms with Crippen LogP contribution in [0.15, 0.2) is 53.4 Å². The second kappa shape index (κ2) is 7.75. The van der Waals surface area contributed by atoms with Crippen LogP contribution in [-0.2, 0) is 6.54 Å². The van der Waals surface area contributed by atoms with Gasteiger partial charge in [0.25, 0.3) is 5.91 Å². The van der Waals surface area contributed by atoms with Crippen LogP contribution in [0.1, 0.15) is 28.8 Å². The van der Waals surface area contributed by atoms with Crippen molar-refractivity contribution in [1.82, 2.24) is 4.90 Å². The van der Waals surface area contributed by atoms with Gasteiger partial charge in [0.1, 0.15) is 0 Å². The molecule has 0 saturated carbocycles. The van der Waals surface area contributed by atoms with Gasteiger partial charge >= 0.3 is 0 Å². The summed E-state index contributed by atoms with van der Waals surface area (Å²) in [5, 5.41) is 0. The third-order valence-electron chi connectivity index (χ3n) is 4.53. The molecule has 3 rings (SSSR count). The summed E-state index contributed by atoms with van der Waals surface area (Å²) in [5.74, 6) is 0.0684. The molecule has 2 aromatic rings. The molecule has 4 heteroatoms. The van der Waals surface area contributed by atoms with Crippen LogP contribution < -0.4 is 4.90 Å². The smallest absolute Gasteiger partial charge is 0.253 e. The van der Waals surface area contributed by atoms with Crippen LogP contribution in [-0.4, -0.2) is 37.2 Å². The molecule has 0 atom stereocenters. The predicted molar refractivity (Wildman–Crippen MR) is 102 cm³/mol. The molecule has 1 saturated heterocycles. The summed E-state index contributed by atoms with van der Waals surface area (Å²) in [6.07, 6.45) is 4.55. The van der Waals surface area contributed by atoms with Crippen LogP contribution in [0.3, 0.4) is 0 Å². The number of rotatable bonds is 5. The van der Waals surface area contributed by atoms with Crippen LogP contribution >= 0.6 is 11.8 Å². The van der Waals surface area contributed by atoms with E-state index in [0.29, 0.717) is 6.54 Å². The molecular weight excluding hydrogens is 316 g/mol. The molecule has 0 aromatic heterocycles. The molecule has 1 aliphatic heterocycles. The van der Waals surface area contributed by atoms with Crippen LogP contribution in [0.4, 0.5) is 5.69 Å². The molecule has 24 heavy (non-hydrogen) atoms. The van der Waals surface area contributed by atoms with E-state index in [2.05, 4.69) is 29.2 Å². The van der Waals surface area contributed by atoms with Crippen molar-refractivity contribution in [2.45, 2.75) is 24.3 Å². The molecule has 126 valence electrons. The monoisotopic (exact) mass is 340 g/mol. The Morgan fingerprint density at radius 3 is 2.42 bits per heavy atom. The molecule has 0 radical (unpaired) electrons. The summed E-state index contributed by atoms with van der Waals surface area (Å²) in [6, 6.07) is 16.3. The van der Waals surface area contributed by atoms with Crippen molar-refractivity contribution in [3.05, 3.63) is 59.7 Å². The van der Waals surface area contributed by atoms with Gasteiger partial charge in [0.2, 0.25) is 0 Å². The molecule has 0 spiro atoms. The normalized spacial score (nSPS) is 14.0. The molecule has 0 N–H and O–H groups in total. The first-order valence-electron chi connectivity index (χ1n) is 8.41. The average molecular weight is 340 g/mol. The summed E-state index contributed by atoms with van der Waals surface area (Å²) in [6.45, 7) is 2.87. The average Bonchev–Trinajstić information content (AvgIpc) is 3.16. The van der Waals surface area contributed by atoms with Gasteiger partial charge in [0, 0.05) is 42.8 Å². The number of hydrogen-bond acceptors (Lipinski definition) is 3. The molecule has 0 aliphatic carbocycles. The lowest BCUT2D eigenvalue weighted by molar-refractivity contribution is 0.0785. The second-order valence-corrected chi connectivity index (χ2v) is 7.09. The van der Waals surface area contributed by atoms with E-state index in [0.717, 1.165) is 18.7 Å². The highest BCUT2D eigenvalue weighted by Crippen LogP contribution is 2.26. The van der Waals surface area contributed by atoms with E-state index in [1.54, 1.807) is 11.8 Å². The number of para-hydroxylation sites is 1. The Labute approximate surface area is 148 Å². The fourth-order valence-electron chi connectivity index (χ4n) is 3.19. The lowest BCUT2D eigenvalue weighted by atomic mass is 10.1. The van der Waals surface area contributed by atoms with Crippen molar-refractivity contribution < 1.29 is 4.79 Å². The maximum Gasteiger partial charge on any atom is 0.253 e. The van der Waals surface area contributed by atoms with Gasteiger partial charge in [-0.15, -0.1) is 11.8 Å². The quantitative estimate of drug-likeness (QED) is 0.759. The van der Waals surface area contributed by atoms with Gasteiger partial charge in [0.05, 0.1) is 0 Å². The zero-order valence-corrected chi connectivity index (χ0v) is 15.2. The Kier molecular flexibility index (Phi) is 5.46. The molecule has 1 aliphatic rings. The van der Waals surface area contributed by atoms with Crippen molar-refractivity contribution in [1.29, 1.82) is 0 Å². The summed E-state index contributed by atoms with van der Waals surface area (Å²) in [7, 11) is 1.88. The van der Waals surface area contributed by atoms with E-state index in [-0.39, 0.29) is 5.91 Å². The minimum absolute atomic E-state index is 0.0684. The number of amides is 1. The third kappa shape index (κ3) is 3.75. The standard InChI is InChI=1S/C20H24N2OS/c1-21(20(23)16-9-11-18(24-2)12-10-16)15-17-7-3-4-8-19(17)22-13-5-6-14-22/h3-4,7-12H,5-6,13-15H2,1-2H3. The van der Waals surface area contributed by atoms with E-state index >= 15 is 0 Å². The molecule has 1 heterocycles. The molecule has 0 bridgehead atoms. The minimum Gasteiger partial charge on any atom is -0.371 e. The Balaban J connectivity index is 1.74. The van der Waals surface area contributed by atoms with Gasteiger partial charge in [-0.1, -0.05) is 18.2 Å². The predicted octanol–water partition coefficient (Wildman–Crippen LogP) is 4.28. The topological polar surface area (TPSA) is 23.6 Å². The molecule has 1 amide bonds. The van der Waals surface area contributed by atoms with Crippen LogP contribution in [0, 0.1) is 0 Å². The lowest BCUT2D eigenvalue weighted by Crippen LogP contribution is -2.28. The highest BCUT2D eigenvalue weighted by Gasteiger charge is 2.18. The number of benzene rings is 2. The number of hydrogen-bond donors (Lipinski definition) is 0. The van der Waals surface area contributed by atoms with Crippen LogP contribution in [0.25, 0.3) is 0 Å². The minimum atomic E-state index is 0.0684. The van der Waals surface area contributed by atoms with E-state index in [4.69, 9.17) is 0 Å². The van der Waals surface area contributed by atoms with Crippen molar-refractivity contribution in [3.8, 4) is 0 Å². The maximum atomic E-state index is 12.7. The van der Waals surface area contributed by atoms with Crippen molar-refractivity contribution >= 4 is 23.4 Å². The van der Waals surface area contributed by atoms with E-state index < -0.39 is 0 Å². The SMILES string of the molecule is CSc1ccc(C(=O)N(C)Cc2ccccc2N2CCCC2)cc1. The highest BCUT2D eigenvalue weighted by molar-refractivity contribution is 7.98. The Bertz CT molecular complexity index is 693. The maximum absolute atomic E-state index is 12.7. The number of nitrogens with zero attached hydrogens (tertiary/aromatic N) is 2. The van der Waals surface area contributed by atoms with Gasteiger partial charge in [-0.25, -0.2) is 0 Å². The first-order chi connectivity index (χ1) is 11.7. The van der Waals surface area contributed by atoms with E-state index in [1.807, 2.05) is 42.5 Å². The summed E-state index contributed by atoms with van der Waals surface area (Å²) >= 11 is 1.69. The second-order valence-electron chi connectivity index (χ2n) is 6.21. The number of thioether (sulfide) groups is 1. The van der Waals surface area contributed by atoms with Gasteiger partial charge in [-0.3, -0.25) is 4.79 Å². The molecular formula is C20H24N2OS. The Morgan fingerprint density at radius 2 is 1.75 bits per heavy atom. The summed E-state index contributed by atoms with van der Waals surface area (Å²) in [4.78, 5) is 18.1. The zero-order chi connectivity index (χ0) is 16.9. The molecule has 0 unspecified atom stereocenters. The first-order valence-corrected chi connectivity index (χ1v) is 9.64. The number of anilines is 1. The zero-order valence-electron chi connectivity index (χ0n) is 14.4. The lowest BCUT2D eigenvalue weighted by Gasteiger charge is -2.24. The molecule has 1 fully saturated rings. The van der Waals surface area contributed by atoms with Crippen molar-refractivity contribution in [2.75, 3.05) is 31.3 Å². The summed E-state index contributed by atoms with van der Waals surface area (Å²) < 4.78 is 0. The van der Waals surface area contributed by atoms with Gasteiger partial charge in [0.15, 0.2) is 0 Å². The van der Waals surface area contributed by atoms with Crippen LogP contribution in [0.5, 0.6) is 0 Å². The highest BCUT2D eigenvalue weighted by atomic mass is 32.2.